The van der Waals surface area contributed by atoms with E-state index in [1.165, 1.54) is 0 Å². The number of fused-ring (bicyclic) bond motifs is 3. The monoisotopic (exact) mass is 320 g/mol. The Morgan fingerprint density at radius 2 is 1.87 bits per heavy atom. The van der Waals surface area contributed by atoms with Gasteiger partial charge in [-0.2, -0.15) is 0 Å². The van der Waals surface area contributed by atoms with Crippen molar-refractivity contribution in [2.24, 2.45) is 22.7 Å². The summed E-state index contributed by atoms with van der Waals surface area (Å²) < 4.78 is 6.53. The molecule has 3 aliphatic rings. The van der Waals surface area contributed by atoms with Crippen LogP contribution in [0.25, 0.3) is 0 Å². The highest BCUT2D eigenvalue weighted by molar-refractivity contribution is 5.85. The van der Waals surface area contributed by atoms with Gasteiger partial charge in [-0.05, 0) is 44.4 Å². The van der Waals surface area contributed by atoms with E-state index in [-0.39, 0.29) is 22.3 Å². The molecule has 0 radical (unpaired) electrons. The summed E-state index contributed by atoms with van der Waals surface area (Å²) in [5.41, 5.74) is -1.16. The molecule has 0 aromatic heterocycles. The van der Waals surface area contributed by atoms with Crippen molar-refractivity contribution in [2.75, 3.05) is 0 Å². The third kappa shape index (κ3) is 2.26. The lowest BCUT2D eigenvalue weighted by Gasteiger charge is -2.65. The smallest absolute Gasteiger partial charge is 0.138 e. The van der Waals surface area contributed by atoms with E-state index in [0.717, 1.165) is 19.3 Å². The Morgan fingerprint density at radius 1 is 1.22 bits per heavy atom. The van der Waals surface area contributed by atoms with E-state index in [4.69, 9.17) is 4.74 Å². The number of hydrogen-bond acceptors (Lipinski definition) is 3. The van der Waals surface area contributed by atoms with Gasteiger partial charge in [0.25, 0.3) is 0 Å². The zero-order valence-electron chi connectivity index (χ0n) is 15.3. The number of hydrogen-bond donors (Lipinski definition) is 1. The molecule has 6 atom stereocenters. The van der Waals surface area contributed by atoms with Crippen molar-refractivity contribution in [1.82, 2.24) is 0 Å². The minimum Gasteiger partial charge on any atom is -0.393 e. The summed E-state index contributed by atoms with van der Waals surface area (Å²) in [4.78, 5) is 12.5. The molecule has 3 fully saturated rings. The number of rotatable bonds is 1. The molecule has 2 aliphatic carbocycles. The van der Waals surface area contributed by atoms with Crippen LogP contribution in [0.15, 0.2) is 12.7 Å². The Kier molecular flexibility index (Phi) is 3.67. The van der Waals surface area contributed by atoms with Crippen LogP contribution in [0.3, 0.4) is 0 Å². The lowest BCUT2D eigenvalue weighted by molar-refractivity contribution is -0.280. The summed E-state index contributed by atoms with van der Waals surface area (Å²) in [7, 11) is 0. The van der Waals surface area contributed by atoms with Gasteiger partial charge >= 0.3 is 0 Å². The molecular weight excluding hydrogens is 288 g/mol. The summed E-state index contributed by atoms with van der Waals surface area (Å²) in [6.07, 6.45) is 5.39. The second-order valence-corrected chi connectivity index (χ2v) is 9.42. The molecule has 130 valence electrons. The fourth-order valence-electron chi connectivity index (χ4n) is 6.44. The first-order valence-electron chi connectivity index (χ1n) is 9.04. The molecule has 3 rings (SSSR count). The largest absolute Gasteiger partial charge is 0.393 e. The van der Waals surface area contributed by atoms with E-state index >= 15 is 0 Å². The molecule has 1 saturated heterocycles. The number of aliphatic hydroxyl groups is 1. The second kappa shape index (κ2) is 4.92. The van der Waals surface area contributed by atoms with Crippen LogP contribution < -0.4 is 0 Å². The van der Waals surface area contributed by atoms with Crippen molar-refractivity contribution in [1.29, 1.82) is 0 Å². The van der Waals surface area contributed by atoms with Gasteiger partial charge in [-0.3, -0.25) is 4.79 Å². The van der Waals surface area contributed by atoms with Gasteiger partial charge in [0.05, 0.1) is 17.3 Å². The predicted octanol–water partition coefficient (Wildman–Crippen LogP) is 3.89. The first kappa shape index (κ1) is 17.2. The molecule has 0 bridgehead atoms. The summed E-state index contributed by atoms with van der Waals surface area (Å²) in [6, 6.07) is 0. The number of aliphatic hydroxyl groups excluding tert-OH is 1. The lowest BCUT2D eigenvalue weighted by atomic mass is 9.43. The van der Waals surface area contributed by atoms with Gasteiger partial charge in [0, 0.05) is 24.2 Å². The minimum absolute atomic E-state index is 0.0493. The Hall–Kier alpha value is -0.670. The minimum atomic E-state index is -0.464. The molecule has 6 unspecified atom stereocenters. The molecule has 0 aromatic carbocycles. The van der Waals surface area contributed by atoms with Crippen LogP contribution in [0.2, 0.25) is 0 Å². The molecule has 0 amide bonds. The van der Waals surface area contributed by atoms with Crippen LogP contribution in [-0.2, 0) is 9.53 Å². The molecule has 3 heteroatoms. The van der Waals surface area contributed by atoms with Gasteiger partial charge in [0.1, 0.15) is 5.78 Å². The van der Waals surface area contributed by atoms with Crippen LogP contribution in [0, 0.1) is 22.7 Å². The van der Waals surface area contributed by atoms with Gasteiger partial charge in [-0.1, -0.05) is 26.8 Å². The average molecular weight is 320 g/mol. The number of ketones is 1. The third-order valence-corrected chi connectivity index (χ3v) is 7.47. The molecule has 3 nitrogen and oxygen atoms in total. The first-order valence-corrected chi connectivity index (χ1v) is 9.04. The van der Waals surface area contributed by atoms with Crippen LogP contribution >= 0.6 is 0 Å². The van der Waals surface area contributed by atoms with E-state index in [2.05, 4.69) is 34.3 Å². The second-order valence-electron chi connectivity index (χ2n) is 9.42. The molecule has 1 aliphatic heterocycles. The van der Waals surface area contributed by atoms with Crippen LogP contribution in [-0.4, -0.2) is 28.2 Å². The Bertz CT molecular complexity index is 539. The van der Waals surface area contributed by atoms with Crippen molar-refractivity contribution in [2.45, 2.75) is 84.0 Å². The number of carbonyl (C=O) groups excluding carboxylic acids is 1. The fourth-order valence-corrected chi connectivity index (χ4v) is 6.44. The summed E-state index contributed by atoms with van der Waals surface area (Å²) in [5.74, 6) is 0.778. The molecule has 23 heavy (non-hydrogen) atoms. The molecule has 1 heterocycles. The highest BCUT2D eigenvalue weighted by Gasteiger charge is 2.65. The Balaban J connectivity index is 2.03. The third-order valence-electron chi connectivity index (χ3n) is 7.47. The number of carbonyl (C=O) groups is 1. The maximum atomic E-state index is 12.5. The summed E-state index contributed by atoms with van der Waals surface area (Å²) in [5, 5.41) is 11.1. The van der Waals surface area contributed by atoms with Gasteiger partial charge in [0.15, 0.2) is 0 Å². The molecule has 2 saturated carbocycles. The highest BCUT2D eigenvalue weighted by Crippen LogP contribution is 2.64. The lowest BCUT2D eigenvalue weighted by Crippen LogP contribution is -2.67. The maximum absolute atomic E-state index is 12.5. The Morgan fingerprint density at radius 3 is 2.48 bits per heavy atom. The van der Waals surface area contributed by atoms with Crippen molar-refractivity contribution >= 4 is 5.78 Å². The normalized spacial score (nSPS) is 52.4. The maximum Gasteiger partial charge on any atom is 0.138 e. The standard InChI is InChI=1S/C20H32O3/c1-7-18(4)12-13(21)16-19(5)10-9-15(22)17(2,3)14(19)8-11-20(16,6)23-18/h7,13-14,16,21H,1,8-12H2,2-6H3. The quantitative estimate of drug-likeness (QED) is 0.746. The van der Waals surface area contributed by atoms with Crippen molar-refractivity contribution in [3.05, 3.63) is 12.7 Å². The molecule has 1 N–H and O–H groups in total. The van der Waals surface area contributed by atoms with Crippen molar-refractivity contribution < 1.29 is 14.6 Å². The molecule has 0 aromatic rings. The van der Waals surface area contributed by atoms with Crippen LogP contribution in [0.5, 0.6) is 0 Å². The summed E-state index contributed by atoms with van der Waals surface area (Å²) in [6.45, 7) is 14.6. The first-order chi connectivity index (χ1) is 10.5. The van der Waals surface area contributed by atoms with Crippen LogP contribution in [0.1, 0.15) is 66.7 Å². The van der Waals surface area contributed by atoms with Crippen LogP contribution in [0.4, 0.5) is 0 Å². The Labute approximate surface area is 140 Å². The van der Waals surface area contributed by atoms with E-state index < -0.39 is 11.7 Å². The van der Waals surface area contributed by atoms with Crippen molar-refractivity contribution in [3.63, 3.8) is 0 Å². The molecule has 0 spiro atoms. The van der Waals surface area contributed by atoms with E-state index in [0.29, 0.717) is 24.5 Å². The number of Topliss-reactive ketones (excluding diaryl/α,β-unsaturated/α-hetero) is 1. The van der Waals surface area contributed by atoms with Gasteiger partial charge in [0.2, 0.25) is 0 Å². The fraction of sp³-hybridized carbons (Fsp3) is 0.850. The molecular formula is C20H32O3. The summed E-state index contributed by atoms with van der Waals surface area (Å²) >= 11 is 0. The van der Waals surface area contributed by atoms with Crippen molar-refractivity contribution in [3.8, 4) is 0 Å². The topological polar surface area (TPSA) is 46.5 Å². The van der Waals surface area contributed by atoms with Gasteiger partial charge < -0.3 is 9.84 Å². The van der Waals surface area contributed by atoms with Gasteiger partial charge in [-0.25, -0.2) is 0 Å². The zero-order chi connectivity index (χ0) is 17.3. The highest BCUT2D eigenvalue weighted by atomic mass is 16.5. The van der Waals surface area contributed by atoms with E-state index in [1.807, 2.05) is 13.0 Å². The van der Waals surface area contributed by atoms with E-state index in [9.17, 15) is 9.90 Å². The average Bonchev–Trinajstić information content (AvgIpc) is 2.41. The van der Waals surface area contributed by atoms with Gasteiger partial charge in [-0.15, -0.1) is 6.58 Å². The predicted molar refractivity (Wildman–Crippen MR) is 91.1 cm³/mol. The van der Waals surface area contributed by atoms with E-state index in [1.54, 1.807) is 0 Å². The zero-order valence-corrected chi connectivity index (χ0v) is 15.3. The SMILES string of the molecule is C=CC1(C)CC(O)C2C(C)(CCC3C(C)(C)C(=O)CCC23C)O1. The number of ether oxygens (including phenoxy) is 1.